The third-order valence-electron chi connectivity index (χ3n) is 3.87. The molecule has 0 spiro atoms. The Balaban J connectivity index is 2.03. The molecule has 0 radical (unpaired) electrons. The van der Waals surface area contributed by atoms with Gasteiger partial charge in [-0.2, -0.15) is 0 Å². The van der Waals surface area contributed by atoms with Gasteiger partial charge in [-0.25, -0.2) is 8.42 Å². The SMILES string of the molecule is CS(=O)(=O)C1CCCC1(O)CCC1CC1. The van der Waals surface area contributed by atoms with Crippen LogP contribution in [0.15, 0.2) is 0 Å². The Bertz CT molecular complexity index is 332. The van der Waals surface area contributed by atoms with E-state index in [1.54, 1.807) is 0 Å². The smallest absolute Gasteiger partial charge is 0.153 e. The molecular formula is C11H20O3S. The van der Waals surface area contributed by atoms with Crippen LogP contribution < -0.4 is 0 Å². The maximum absolute atomic E-state index is 11.5. The van der Waals surface area contributed by atoms with Gasteiger partial charge in [0.05, 0.1) is 10.9 Å². The lowest BCUT2D eigenvalue weighted by molar-refractivity contribution is 0.0384. The molecule has 1 N–H and O–H groups in total. The molecule has 0 saturated heterocycles. The standard InChI is InChI=1S/C11H20O3S/c1-15(13,14)10-3-2-7-11(10,12)8-6-9-4-5-9/h9-10,12H,2-8H2,1H3. The molecule has 2 aliphatic rings. The van der Waals surface area contributed by atoms with E-state index in [1.807, 2.05) is 0 Å². The lowest BCUT2D eigenvalue weighted by atomic mass is 9.94. The summed E-state index contributed by atoms with van der Waals surface area (Å²) < 4.78 is 23.1. The van der Waals surface area contributed by atoms with E-state index in [1.165, 1.54) is 19.1 Å². The van der Waals surface area contributed by atoms with Gasteiger partial charge in [-0.3, -0.25) is 0 Å². The molecule has 2 fully saturated rings. The minimum absolute atomic E-state index is 0.510. The Labute approximate surface area is 91.8 Å². The molecule has 4 heteroatoms. The first kappa shape index (κ1) is 11.4. The first-order valence-electron chi connectivity index (χ1n) is 5.83. The zero-order chi connectivity index (χ0) is 11.1. The van der Waals surface area contributed by atoms with Gasteiger partial charge in [0, 0.05) is 6.26 Å². The Morgan fingerprint density at radius 2 is 2.00 bits per heavy atom. The van der Waals surface area contributed by atoms with Gasteiger partial charge < -0.3 is 5.11 Å². The fourth-order valence-electron chi connectivity index (χ4n) is 2.78. The van der Waals surface area contributed by atoms with Crippen molar-refractivity contribution in [3.8, 4) is 0 Å². The highest BCUT2D eigenvalue weighted by Crippen LogP contribution is 2.42. The molecule has 2 aliphatic carbocycles. The zero-order valence-corrected chi connectivity index (χ0v) is 10.1. The average molecular weight is 232 g/mol. The number of aliphatic hydroxyl groups is 1. The topological polar surface area (TPSA) is 54.4 Å². The van der Waals surface area contributed by atoms with Crippen LogP contribution in [0.25, 0.3) is 0 Å². The van der Waals surface area contributed by atoms with Gasteiger partial charge in [0.1, 0.15) is 0 Å². The highest BCUT2D eigenvalue weighted by molar-refractivity contribution is 7.91. The van der Waals surface area contributed by atoms with Gasteiger partial charge >= 0.3 is 0 Å². The van der Waals surface area contributed by atoms with Gasteiger partial charge in [0.15, 0.2) is 9.84 Å². The van der Waals surface area contributed by atoms with Crippen LogP contribution in [0.2, 0.25) is 0 Å². The van der Waals surface area contributed by atoms with E-state index in [4.69, 9.17) is 0 Å². The quantitative estimate of drug-likeness (QED) is 0.799. The molecule has 2 rings (SSSR count). The molecule has 0 heterocycles. The van der Waals surface area contributed by atoms with E-state index < -0.39 is 20.7 Å². The molecule has 0 aromatic rings. The first-order chi connectivity index (χ1) is 6.92. The van der Waals surface area contributed by atoms with Crippen molar-refractivity contribution >= 4 is 9.84 Å². The molecule has 0 bridgehead atoms. The molecule has 0 amide bonds. The Morgan fingerprint density at radius 1 is 1.33 bits per heavy atom. The maximum atomic E-state index is 11.5. The van der Waals surface area contributed by atoms with E-state index in [-0.39, 0.29) is 0 Å². The van der Waals surface area contributed by atoms with Gasteiger partial charge in [0.25, 0.3) is 0 Å². The highest BCUT2D eigenvalue weighted by atomic mass is 32.2. The summed E-state index contributed by atoms with van der Waals surface area (Å²) in [6, 6.07) is 0. The third kappa shape index (κ3) is 2.53. The van der Waals surface area contributed by atoms with Gasteiger partial charge in [-0.1, -0.05) is 12.8 Å². The molecule has 0 aromatic carbocycles. The van der Waals surface area contributed by atoms with Crippen LogP contribution >= 0.6 is 0 Å². The molecule has 2 atom stereocenters. The second-order valence-corrected chi connectivity index (χ2v) is 7.52. The molecule has 2 saturated carbocycles. The van der Waals surface area contributed by atoms with E-state index in [0.29, 0.717) is 19.3 Å². The summed E-state index contributed by atoms with van der Waals surface area (Å²) >= 11 is 0. The van der Waals surface area contributed by atoms with Crippen LogP contribution in [0.1, 0.15) is 44.9 Å². The zero-order valence-electron chi connectivity index (χ0n) is 9.28. The third-order valence-corrected chi connectivity index (χ3v) is 5.58. The Morgan fingerprint density at radius 3 is 2.53 bits per heavy atom. The van der Waals surface area contributed by atoms with Crippen molar-refractivity contribution in [2.45, 2.75) is 55.8 Å². The first-order valence-corrected chi connectivity index (χ1v) is 7.78. The number of hydrogen-bond acceptors (Lipinski definition) is 3. The number of sulfone groups is 1. The summed E-state index contributed by atoms with van der Waals surface area (Å²) in [6.45, 7) is 0. The van der Waals surface area contributed by atoms with Crippen molar-refractivity contribution < 1.29 is 13.5 Å². The van der Waals surface area contributed by atoms with Gasteiger partial charge in [-0.15, -0.1) is 0 Å². The average Bonchev–Trinajstić information content (AvgIpc) is 2.85. The number of rotatable bonds is 4. The predicted molar refractivity (Wildman–Crippen MR) is 59.4 cm³/mol. The van der Waals surface area contributed by atoms with Gasteiger partial charge in [-0.05, 0) is 38.0 Å². The molecule has 0 aromatic heterocycles. The largest absolute Gasteiger partial charge is 0.389 e. The summed E-state index contributed by atoms with van der Waals surface area (Å²) in [6.07, 6.45) is 7.61. The fourth-order valence-corrected chi connectivity index (χ4v) is 4.41. The van der Waals surface area contributed by atoms with Crippen LogP contribution in [-0.4, -0.2) is 30.6 Å². The minimum Gasteiger partial charge on any atom is -0.389 e. The number of hydrogen-bond donors (Lipinski definition) is 1. The maximum Gasteiger partial charge on any atom is 0.153 e. The van der Waals surface area contributed by atoms with Crippen LogP contribution in [0.3, 0.4) is 0 Å². The summed E-state index contributed by atoms with van der Waals surface area (Å²) in [5, 5.41) is 9.87. The van der Waals surface area contributed by atoms with Crippen molar-refractivity contribution in [3.05, 3.63) is 0 Å². The van der Waals surface area contributed by atoms with E-state index in [2.05, 4.69) is 0 Å². The van der Waals surface area contributed by atoms with E-state index in [9.17, 15) is 13.5 Å². The monoisotopic (exact) mass is 232 g/mol. The Kier molecular flexibility index (Phi) is 2.84. The van der Waals surface area contributed by atoms with Crippen LogP contribution in [0, 0.1) is 5.92 Å². The molecule has 2 unspecified atom stereocenters. The normalized spacial score (nSPS) is 37.1. The minimum atomic E-state index is -3.09. The summed E-state index contributed by atoms with van der Waals surface area (Å²) in [4.78, 5) is 0. The molecular weight excluding hydrogens is 212 g/mol. The molecule has 3 nitrogen and oxygen atoms in total. The Hall–Kier alpha value is -0.0900. The summed E-state index contributed by atoms with van der Waals surface area (Å²) in [7, 11) is -3.09. The highest BCUT2D eigenvalue weighted by Gasteiger charge is 2.46. The predicted octanol–water partition coefficient (Wildman–Crippen LogP) is 1.50. The molecule has 88 valence electrons. The summed E-state index contributed by atoms with van der Waals surface area (Å²) in [5.74, 6) is 0.759. The molecule has 15 heavy (non-hydrogen) atoms. The second-order valence-electron chi connectivity index (χ2n) is 5.30. The second kappa shape index (κ2) is 3.74. The van der Waals surface area contributed by atoms with Crippen LogP contribution in [0.5, 0.6) is 0 Å². The lowest BCUT2D eigenvalue weighted by Gasteiger charge is -2.28. The summed E-state index contributed by atoms with van der Waals surface area (Å²) in [5.41, 5.74) is -0.920. The van der Waals surface area contributed by atoms with Crippen LogP contribution in [-0.2, 0) is 9.84 Å². The van der Waals surface area contributed by atoms with E-state index >= 15 is 0 Å². The van der Waals surface area contributed by atoms with Crippen molar-refractivity contribution in [1.82, 2.24) is 0 Å². The van der Waals surface area contributed by atoms with Gasteiger partial charge in [0.2, 0.25) is 0 Å². The fraction of sp³-hybridized carbons (Fsp3) is 1.00. The van der Waals surface area contributed by atoms with Crippen LogP contribution in [0.4, 0.5) is 0 Å². The van der Waals surface area contributed by atoms with Crippen molar-refractivity contribution in [2.75, 3.05) is 6.26 Å². The van der Waals surface area contributed by atoms with Crippen molar-refractivity contribution in [2.24, 2.45) is 5.92 Å². The lowest BCUT2D eigenvalue weighted by Crippen LogP contribution is -2.42. The molecule has 0 aliphatic heterocycles. The van der Waals surface area contributed by atoms with E-state index in [0.717, 1.165) is 18.8 Å². The van der Waals surface area contributed by atoms with Crippen molar-refractivity contribution in [3.63, 3.8) is 0 Å². The van der Waals surface area contributed by atoms with Crippen molar-refractivity contribution in [1.29, 1.82) is 0 Å².